The van der Waals surface area contributed by atoms with Gasteiger partial charge in [0.2, 0.25) is 0 Å². The molecule has 0 amide bonds. The fourth-order valence-electron chi connectivity index (χ4n) is 1.49. The molecule has 0 spiro atoms. The molecule has 3 nitrogen and oxygen atoms in total. The molecule has 0 unspecified atom stereocenters. The lowest BCUT2D eigenvalue weighted by molar-refractivity contribution is 0.761. The lowest BCUT2D eigenvalue weighted by Gasteiger charge is -1.98. The van der Waals surface area contributed by atoms with Gasteiger partial charge < -0.3 is 0 Å². The van der Waals surface area contributed by atoms with Crippen LogP contribution in [0.1, 0.15) is 25.5 Å². The van der Waals surface area contributed by atoms with Gasteiger partial charge in [-0.1, -0.05) is 30.2 Å². The van der Waals surface area contributed by atoms with Crippen LogP contribution in [-0.2, 0) is 6.42 Å². The zero-order valence-corrected chi connectivity index (χ0v) is 9.98. The fraction of sp³-hybridized carbons (Fsp3) is 0.333. The van der Waals surface area contributed by atoms with Crippen LogP contribution in [0, 0.1) is 0 Å². The van der Waals surface area contributed by atoms with Crippen molar-refractivity contribution >= 4 is 11.6 Å². The van der Waals surface area contributed by atoms with E-state index in [1.54, 1.807) is 4.68 Å². The summed E-state index contributed by atoms with van der Waals surface area (Å²) in [4.78, 5) is 0. The van der Waals surface area contributed by atoms with Crippen LogP contribution in [0.2, 0.25) is 5.02 Å². The Morgan fingerprint density at radius 1 is 1.25 bits per heavy atom. The summed E-state index contributed by atoms with van der Waals surface area (Å²) < 4.78 is 1.78. The minimum Gasteiger partial charge on any atom is -0.220 e. The summed E-state index contributed by atoms with van der Waals surface area (Å²) >= 11 is 5.83. The molecule has 1 heterocycles. The minimum absolute atomic E-state index is 0.732. The van der Waals surface area contributed by atoms with Crippen LogP contribution in [-0.4, -0.2) is 15.0 Å². The molecule has 0 aliphatic heterocycles. The van der Waals surface area contributed by atoms with Crippen LogP contribution in [0.25, 0.3) is 5.69 Å². The summed E-state index contributed by atoms with van der Waals surface area (Å²) in [6.45, 7) is 2.17. The van der Waals surface area contributed by atoms with E-state index < -0.39 is 0 Å². The standard InChI is InChI=1S/C12H14ClN3/c1-2-3-4-11-9-16(15-14-11)12-7-5-10(13)6-8-12/h5-9H,2-4H2,1H3. The molecule has 2 aromatic rings. The zero-order valence-electron chi connectivity index (χ0n) is 9.23. The van der Waals surface area contributed by atoms with Gasteiger partial charge in [-0.05, 0) is 37.1 Å². The second-order valence-electron chi connectivity index (χ2n) is 3.73. The highest BCUT2D eigenvalue weighted by molar-refractivity contribution is 6.30. The zero-order chi connectivity index (χ0) is 11.4. The molecule has 0 N–H and O–H groups in total. The summed E-state index contributed by atoms with van der Waals surface area (Å²) in [5.41, 5.74) is 2.02. The quantitative estimate of drug-likeness (QED) is 0.815. The van der Waals surface area contributed by atoms with Crippen molar-refractivity contribution in [2.75, 3.05) is 0 Å². The fourth-order valence-corrected chi connectivity index (χ4v) is 1.62. The Morgan fingerprint density at radius 2 is 2.00 bits per heavy atom. The summed E-state index contributed by atoms with van der Waals surface area (Å²) in [5, 5.41) is 8.96. The van der Waals surface area contributed by atoms with Crippen molar-refractivity contribution in [3.8, 4) is 5.69 Å². The van der Waals surface area contributed by atoms with E-state index in [-0.39, 0.29) is 0 Å². The first-order valence-electron chi connectivity index (χ1n) is 5.47. The molecule has 84 valence electrons. The first-order chi connectivity index (χ1) is 7.79. The normalized spacial score (nSPS) is 10.6. The van der Waals surface area contributed by atoms with Gasteiger partial charge in [0.15, 0.2) is 0 Å². The van der Waals surface area contributed by atoms with E-state index in [9.17, 15) is 0 Å². The van der Waals surface area contributed by atoms with Gasteiger partial charge in [0.05, 0.1) is 17.6 Å². The van der Waals surface area contributed by atoms with Crippen molar-refractivity contribution in [1.82, 2.24) is 15.0 Å². The maximum absolute atomic E-state index is 5.83. The van der Waals surface area contributed by atoms with E-state index in [4.69, 9.17) is 11.6 Å². The molecule has 0 atom stereocenters. The van der Waals surface area contributed by atoms with Crippen molar-refractivity contribution in [1.29, 1.82) is 0 Å². The summed E-state index contributed by atoms with van der Waals surface area (Å²) in [7, 11) is 0. The van der Waals surface area contributed by atoms with E-state index in [2.05, 4.69) is 17.2 Å². The summed E-state index contributed by atoms with van der Waals surface area (Å²) in [6.07, 6.45) is 5.29. The van der Waals surface area contributed by atoms with Gasteiger partial charge in [-0.25, -0.2) is 4.68 Å². The van der Waals surface area contributed by atoms with Gasteiger partial charge >= 0.3 is 0 Å². The highest BCUT2D eigenvalue weighted by Crippen LogP contribution is 2.13. The van der Waals surface area contributed by atoms with E-state index >= 15 is 0 Å². The second kappa shape index (κ2) is 5.12. The van der Waals surface area contributed by atoms with Crippen molar-refractivity contribution < 1.29 is 0 Å². The van der Waals surface area contributed by atoms with Crippen molar-refractivity contribution in [2.45, 2.75) is 26.2 Å². The molecule has 0 aliphatic rings. The predicted molar refractivity (Wildman–Crippen MR) is 65.0 cm³/mol. The Morgan fingerprint density at radius 3 is 2.69 bits per heavy atom. The number of aromatic nitrogens is 3. The maximum Gasteiger partial charge on any atom is 0.0831 e. The number of hydrogen-bond acceptors (Lipinski definition) is 2. The highest BCUT2D eigenvalue weighted by atomic mass is 35.5. The molecule has 4 heteroatoms. The highest BCUT2D eigenvalue weighted by Gasteiger charge is 2.02. The van der Waals surface area contributed by atoms with Gasteiger partial charge in [0.25, 0.3) is 0 Å². The monoisotopic (exact) mass is 235 g/mol. The minimum atomic E-state index is 0.732. The average molecular weight is 236 g/mol. The third-order valence-corrected chi connectivity index (χ3v) is 2.67. The largest absolute Gasteiger partial charge is 0.220 e. The number of aryl methyl sites for hydroxylation is 1. The number of rotatable bonds is 4. The first-order valence-corrected chi connectivity index (χ1v) is 5.84. The number of halogens is 1. The molecule has 0 saturated carbocycles. The van der Waals surface area contributed by atoms with Crippen LogP contribution >= 0.6 is 11.6 Å². The van der Waals surface area contributed by atoms with E-state index in [0.717, 1.165) is 29.2 Å². The Hall–Kier alpha value is -1.35. The predicted octanol–water partition coefficient (Wildman–Crippen LogP) is 3.26. The Balaban J connectivity index is 2.15. The summed E-state index contributed by atoms with van der Waals surface area (Å²) in [6, 6.07) is 7.57. The molecule has 1 aromatic carbocycles. The van der Waals surface area contributed by atoms with Crippen molar-refractivity contribution in [2.24, 2.45) is 0 Å². The van der Waals surface area contributed by atoms with Crippen molar-refractivity contribution in [3.05, 3.63) is 41.2 Å². The van der Waals surface area contributed by atoms with E-state index in [1.807, 2.05) is 30.5 Å². The van der Waals surface area contributed by atoms with Crippen LogP contribution in [0.15, 0.2) is 30.5 Å². The number of unbranched alkanes of at least 4 members (excludes halogenated alkanes) is 1. The van der Waals surface area contributed by atoms with Gasteiger partial charge in [-0.15, -0.1) is 5.10 Å². The molecular weight excluding hydrogens is 222 g/mol. The molecule has 0 bridgehead atoms. The van der Waals surface area contributed by atoms with Crippen molar-refractivity contribution in [3.63, 3.8) is 0 Å². The molecule has 0 radical (unpaired) electrons. The van der Waals surface area contributed by atoms with Crippen LogP contribution in [0.4, 0.5) is 0 Å². The smallest absolute Gasteiger partial charge is 0.0831 e. The summed E-state index contributed by atoms with van der Waals surface area (Å²) in [5.74, 6) is 0. The first kappa shape index (κ1) is 11.1. The number of hydrogen-bond donors (Lipinski definition) is 0. The van der Waals surface area contributed by atoms with E-state index in [1.165, 1.54) is 6.42 Å². The Labute approximate surface area is 100 Å². The molecule has 16 heavy (non-hydrogen) atoms. The Bertz CT molecular complexity index is 448. The molecule has 0 aliphatic carbocycles. The molecular formula is C12H14ClN3. The lowest BCUT2D eigenvalue weighted by atomic mass is 10.2. The third kappa shape index (κ3) is 2.61. The number of benzene rings is 1. The third-order valence-electron chi connectivity index (χ3n) is 2.42. The number of nitrogens with zero attached hydrogens (tertiary/aromatic N) is 3. The van der Waals surface area contributed by atoms with Gasteiger partial charge in [0.1, 0.15) is 0 Å². The Kier molecular flexibility index (Phi) is 3.57. The average Bonchev–Trinajstić information content (AvgIpc) is 2.76. The van der Waals surface area contributed by atoms with Gasteiger partial charge in [-0.2, -0.15) is 0 Å². The van der Waals surface area contributed by atoms with Gasteiger partial charge in [-0.3, -0.25) is 0 Å². The topological polar surface area (TPSA) is 30.7 Å². The van der Waals surface area contributed by atoms with Crippen LogP contribution in [0.3, 0.4) is 0 Å². The molecule has 0 fully saturated rings. The molecule has 1 aromatic heterocycles. The van der Waals surface area contributed by atoms with Crippen LogP contribution in [0.5, 0.6) is 0 Å². The second-order valence-corrected chi connectivity index (χ2v) is 4.17. The molecule has 0 saturated heterocycles. The van der Waals surface area contributed by atoms with Gasteiger partial charge in [0, 0.05) is 5.02 Å². The molecule has 2 rings (SSSR count). The van der Waals surface area contributed by atoms with Crippen LogP contribution < -0.4 is 0 Å². The lowest BCUT2D eigenvalue weighted by Crippen LogP contribution is -1.93. The SMILES string of the molecule is CCCCc1cn(-c2ccc(Cl)cc2)nn1. The maximum atomic E-state index is 5.83. The van der Waals surface area contributed by atoms with E-state index in [0.29, 0.717) is 0 Å².